The topological polar surface area (TPSA) is 71.6 Å². The molecule has 3 heterocycles. The van der Waals surface area contributed by atoms with Gasteiger partial charge in [-0.15, -0.1) is 0 Å². The van der Waals surface area contributed by atoms with Gasteiger partial charge in [-0.1, -0.05) is 6.07 Å². The van der Waals surface area contributed by atoms with Crippen molar-refractivity contribution in [3.05, 3.63) is 42.3 Å². The first-order chi connectivity index (χ1) is 11.7. The molecule has 0 unspecified atom stereocenters. The summed E-state index contributed by atoms with van der Waals surface area (Å²) in [5.41, 5.74) is 0.920. The van der Waals surface area contributed by atoms with E-state index in [0.29, 0.717) is 31.4 Å². The Bertz CT molecular complexity index is 817. The highest BCUT2D eigenvalue weighted by Gasteiger charge is 2.35. The summed E-state index contributed by atoms with van der Waals surface area (Å²) in [5, 5.41) is 0.876. The minimum atomic E-state index is -0.362. The number of fused-ring (bicyclic) bond motifs is 1. The number of imide groups is 1. The molecule has 0 spiro atoms. The first-order valence-electron chi connectivity index (χ1n) is 8.11. The van der Waals surface area contributed by atoms with Gasteiger partial charge in [-0.2, -0.15) is 0 Å². The number of hydrogen-bond donors (Lipinski definition) is 1. The van der Waals surface area contributed by atoms with Crippen molar-refractivity contribution in [3.8, 4) is 5.75 Å². The van der Waals surface area contributed by atoms with Gasteiger partial charge >= 0.3 is 0 Å². The van der Waals surface area contributed by atoms with E-state index in [1.165, 1.54) is 11.0 Å². The molecule has 0 saturated carbocycles. The molecule has 0 aliphatic carbocycles. The number of aromatic amines is 1. The van der Waals surface area contributed by atoms with Crippen molar-refractivity contribution in [2.24, 2.45) is 5.92 Å². The van der Waals surface area contributed by atoms with Gasteiger partial charge in [0.25, 0.3) is 11.8 Å². The molecule has 24 heavy (non-hydrogen) atoms. The summed E-state index contributed by atoms with van der Waals surface area (Å²) in [6.45, 7) is 1.80. The van der Waals surface area contributed by atoms with E-state index < -0.39 is 0 Å². The molecule has 6 nitrogen and oxygen atoms in total. The lowest BCUT2D eigenvalue weighted by molar-refractivity contribution is -0.139. The number of carbonyl (C=O) groups excluding carboxylic acids is 2. The van der Waals surface area contributed by atoms with Crippen molar-refractivity contribution < 1.29 is 19.1 Å². The lowest BCUT2D eigenvalue weighted by atomic mass is 10.00. The maximum absolute atomic E-state index is 12.5. The van der Waals surface area contributed by atoms with Gasteiger partial charge in [0.05, 0.1) is 6.08 Å². The van der Waals surface area contributed by atoms with E-state index in [2.05, 4.69) is 4.98 Å². The van der Waals surface area contributed by atoms with Crippen LogP contribution in [0, 0.1) is 5.92 Å². The number of carbonyl (C=O) groups is 2. The minimum Gasteiger partial charge on any atom is -0.451 e. The van der Waals surface area contributed by atoms with E-state index in [9.17, 15) is 9.59 Å². The normalized spacial score (nSPS) is 19.2. The van der Waals surface area contributed by atoms with Crippen LogP contribution in [0.5, 0.6) is 5.75 Å². The number of hydrogen-bond acceptors (Lipinski definition) is 4. The molecule has 0 radical (unpaired) electrons. The van der Waals surface area contributed by atoms with Crippen molar-refractivity contribution in [3.63, 3.8) is 0 Å². The molecule has 1 fully saturated rings. The Morgan fingerprint density at radius 2 is 2.04 bits per heavy atom. The highest BCUT2D eigenvalue weighted by Crippen LogP contribution is 2.28. The van der Waals surface area contributed by atoms with E-state index in [1.54, 1.807) is 6.07 Å². The molecule has 4 rings (SSSR count). The molecule has 2 amide bonds. The molecule has 124 valence electrons. The summed E-state index contributed by atoms with van der Waals surface area (Å²) in [5.74, 6) is 0.282. The largest absolute Gasteiger partial charge is 0.451 e. The van der Waals surface area contributed by atoms with Gasteiger partial charge in [-0.05, 0) is 37.0 Å². The Hall–Kier alpha value is -2.60. The molecule has 1 aromatic carbocycles. The number of aromatic nitrogens is 1. The second-order valence-corrected chi connectivity index (χ2v) is 6.12. The summed E-state index contributed by atoms with van der Waals surface area (Å²) < 4.78 is 11.1. The fourth-order valence-corrected chi connectivity index (χ4v) is 3.18. The standard InChI is InChI=1S/C18H18N2O4/c21-17-10-16(18(22)20(17)11-12-5-8-23-9-6-12)24-15-3-1-2-14-13(15)4-7-19-14/h1-4,7,10,12,19H,5-6,8-9,11H2. The molecule has 1 saturated heterocycles. The molecule has 1 N–H and O–H groups in total. The van der Waals surface area contributed by atoms with Crippen LogP contribution in [0.1, 0.15) is 12.8 Å². The summed E-state index contributed by atoms with van der Waals surface area (Å²) in [6, 6.07) is 7.44. The van der Waals surface area contributed by atoms with E-state index in [4.69, 9.17) is 9.47 Å². The van der Waals surface area contributed by atoms with E-state index in [1.807, 2.05) is 24.4 Å². The van der Waals surface area contributed by atoms with Crippen LogP contribution in [-0.2, 0) is 14.3 Å². The molecule has 2 aromatic rings. The Labute approximate surface area is 139 Å². The number of nitrogens with one attached hydrogen (secondary N) is 1. The van der Waals surface area contributed by atoms with Gasteiger partial charge in [0.2, 0.25) is 0 Å². The van der Waals surface area contributed by atoms with Crippen molar-refractivity contribution >= 4 is 22.7 Å². The quantitative estimate of drug-likeness (QED) is 0.875. The fraction of sp³-hybridized carbons (Fsp3) is 0.333. The van der Waals surface area contributed by atoms with Crippen molar-refractivity contribution in [2.45, 2.75) is 12.8 Å². The Morgan fingerprint density at radius 3 is 2.88 bits per heavy atom. The summed E-state index contributed by atoms with van der Waals surface area (Å²) in [7, 11) is 0. The SMILES string of the molecule is O=C1C=C(Oc2cccc3[nH]ccc23)C(=O)N1CC1CCOCC1. The van der Waals surface area contributed by atoms with Crippen LogP contribution in [0.25, 0.3) is 10.9 Å². The second kappa shape index (κ2) is 6.13. The lowest BCUT2D eigenvalue weighted by Gasteiger charge is -2.25. The number of H-pyrrole nitrogens is 1. The smallest absolute Gasteiger partial charge is 0.296 e. The van der Waals surface area contributed by atoms with Gasteiger partial charge in [0, 0.05) is 36.9 Å². The van der Waals surface area contributed by atoms with E-state index in [0.717, 1.165) is 23.7 Å². The number of amides is 2. The highest BCUT2D eigenvalue weighted by atomic mass is 16.5. The molecule has 2 aliphatic heterocycles. The van der Waals surface area contributed by atoms with Crippen LogP contribution in [-0.4, -0.2) is 41.5 Å². The monoisotopic (exact) mass is 326 g/mol. The van der Waals surface area contributed by atoms with Crippen LogP contribution in [0.15, 0.2) is 42.3 Å². The van der Waals surface area contributed by atoms with Crippen molar-refractivity contribution in [1.29, 1.82) is 0 Å². The average molecular weight is 326 g/mol. The van der Waals surface area contributed by atoms with E-state index in [-0.39, 0.29) is 17.6 Å². The molecule has 1 aromatic heterocycles. The molecule has 6 heteroatoms. The molecule has 0 bridgehead atoms. The summed E-state index contributed by atoms with van der Waals surface area (Å²) >= 11 is 0. The Kier molecular flexibility index (Phi) is 3.82. The number of ether oxygens (including phenoxy) is 2. The van der Waals surface area contributed by atoms with Crippen molar-refractivity contribution in [2.75, 3.05) is 19.8 Å². The second-order valence-electron chi connectivity index (χ2n) is 6.12. The third-order valence-electron chi connectivity index (χ3n) is 4.53. The highest BCUT2D eigenvalue weighted by molar-refractivity contribution is 6.15. The van der Waals surface area contributed by atoms with Gasteiger partial charge in [0.15, 0.2) is 5.76 Å². The average Bonchev–Trinajstić information content (AvgIpc) is 3.17. The van der Waals surface area contributed by atoms with E-state index >= 15 is 0 Å². The van der Waals surface area contributed by atoms with Gasteiger partial charge in [-0.3, -0.25) is 14.5 Å². The zero-order chi connectivity index (χ0) is 16.5. The van der Waals surface area contributed by atoms with Crippen LogP contribution >= 0.6 is 0 Å². The third kappa shape index (κ3) is 2.69. The zero-order valence-corrected chi connectivity index (χ0v) is 13.2. The fourth-order valence-electron chi connectivity index (χ4n) is 3.18. The van der Waals surface area contributed by atoms with Gasteiger partial charge in [0.1, 0.15) is 5.75 Å². The minimum absolute atomic E-state index is 0.0840. The molecule has 0 atom stereocenters. The maximum Gasteiger partial charge on any atom is 0.296 e. The zero-order valence-electron chi connectivity index (χ0n) is 13.2. The molecular weight excluding hydrogens is 308 g/mol. The van der Waals surface area contributed by atoms with Crippen LogP contribution in [0.2, 0.25) is 0 Å². The first-order valence-corrected chi connectivity index (χ1v) is 8.11. The molecule has 2 aliphatic rings. The molecular formula is C18H18N2O4. The van der Waals surface area contributed by atoms with Gasteiger partial charge < -0.3 is 14.5 Å². The first kappa shape index (κ1) is 15.0. The Morgan fingerprint density at radius 1 is 1.21 bits per heavy atom. The van der Waals surface area contributed by atoms with Crippen LogP contribution < -0.4 is 4.74 Å². The third-order valence-corrected chi connectivity index (χ3v) is 4.53. The van der Waals surface area contributed by atoms with Crippen LogP contribution in [0.4, 0.5) is 0 Å². The maximum atomic E-state index is 12.5. The van der Waals surface area contributed by atoms with Crippen molar-refractivity contribution in [1.82, 2.24) is 9.88 Å². The van der Waals surface area contributed by atoms with Gasteiger partial charge in [-0.25, -0.2) is 0 Å². The summed E-state index contributed by atoms with van der Waals surface area (Å²) in [4.78, 5) is 29.1. The predicted octanol–water partition coefficient (Wildman–Crippen LogP) is 2.23. The van der Waals surface area contributed by atoms with Crippen LogP contribution in [0.3, 0.4) is 0 Å². The summed E-state index contributed by atoms with van der Waals surface area (Å²) in [6.07, 6.45) is 4.84. The predicted molar refractivity (Wildman–Crippen MR) is 87.3 cm³/mol. The number of rotatable bonds is 4. The number of benzene rings is 1. The number of nitrogens with zero attached hydrogens (tertiary/aromatic N) is 1. The Balaban J connectivity index is 1.50. The lowest BCUT2D eigenvalue weighted by Crippen LogP contribution is -2.37.